The number of aryl methyl sites for hydroxylation is 1. The molecule has 0 unspecified atom stereocenters. The molecule has 0 bridgehead atoms. The van der Waals surface area contributed by atoms with Crippen LogP contribution in [0.15, 0.2) is 27.8 Å². The van der Waals surface area contributed by atoms with Gasteiger partial charge in [0, 0.05) is 31.3 Å². The average Bonchev–Trinajstić information content (AvgIpc) is 2.67. The Kier molecular flexibility index (Phi) is 7.79. The second-order valence-electron chi connectivity index (χ2n) is 8.02. The number of carbonyl (C=O) groups is 2. The highest BCUT2D eigenvalue weighted by atomic mass is 16.2. The van der Waals surface area contributed by atoms with E-state index < -0.39 is 17.2 Å². The minimum atomic E-state index is -0.710. The highest BCUT2D eigenvalue weighted by Crippen LogP contribution is 2.24. The van der Waals surface area contributed by atoms with Crippen LogP contribution in [0.25, 0.3) is 0 Å². The third-order valence-electron chi connectivity index (χ3n) is 4.81. The number of hydrogen-bond donors (Lipinski definition) is 3. The molecule has 2 aromatic rings. The number of amides is 2. The van der Waals surface area contributed by atoms with Crippen molar-refractivity contribution in [2.24, 2.45) is 5.92 Å². The molecule has 0 aliphatic rings. The highest BCUT2D eigenvalue weighted by molar-refractivity contribution is 6.08. The molecule has 0 fully saturated rings. The van der Waals surface area contributed by atoms with Crippen molar-refractivity contribution >= 4 is 29.0 Å². The fourth-order valence-corrected chi connectivity index (χ4v) is 3.25. The van der Waals surface area contributed by atoms with Gasteiger partial charge in [-0.3, -0.25) is 23.9 Å². The fourth-order valence-electron chi connectivity index (χ4n) is 3.25. The number of nitrogens with one attached hydrogen (secondary N) is 2. The zero-order valence-corrected chi connectivity index (χ0v) is 18.7. The molecule has 31 heavy (non-hydrogen) atoms. The first-order chi connectivity index (χ1) is 14.6. The Morgan fingerprint density at radius 3 is 2.52 bits per heavy atom. The summed E-state index contributed by atoms with van der Waals surface area (Å²) in [5.74, 6) is -0.710. The molecule has 2 rings (SSSR count). The fraction of sp³-hybridized carbons (Fsp3) is 0.455. The lowest BCUT2D eigenvalue weighted by molar-refractivity contribution is -0.114. The zero-order chi connectivity index (χ0) is 23.3. The quantitative estimate of drug-likeness (QED) is 0.593. The second-order valence-corrected chi connectivity index (χ2v) is 8.02. The van der Waals surface area contributed by atoms with E-state index in [0.717, 1.165) is 12.0 Å². The SMILES string of the molecule is CCCCn1c(N)c(N(CC(C)C)C(=O)c2ccc(C)c(NC(C)=O)c2)c(=O)[nH]c1=O. The number of nitrogens with zero attached hydrogens (tertiary/aromatic N) is 2. The number of aromatic amines is 1. The maximum atomic E-state index is 13.5. The number of rotatable bonds is 8. The van der Waals surface area contributed by atoms with Gasteiger partial charge in [-0.2, -0.15) is 0 Å². The molecular formula is C22H31N5O4. The number of hydrogen-bond acceptors (Lipinski definition) is 5. The van der Waals surface area contributed by atoms with Crippen LogP contribution in [0.4, 0.5) is 17.2 Å². The first-order valence-corrected chi connectivity index (χ1v) is 10.4. The lowest BCUT2D eigenvalue weighted by atomic mass is 10.1. The Hall–Kier alpha value is -3.36. The van der Waals surface area contributed by atoms with Crippen LogP contribution in [0.2, 0.25) is 0 Å². The number of anilines is 3. The van der Waals surface area contributed by atoms with Crippen LogP contribution >= 0.6 is 0 Å². The number of H-pyrrole nitrogens is 1. The van der Waals surface area contributed by atoms with Gasteiger partial charge in [0.15, 0.2) is 5.69 Å². The normalized spacial score (nSPS) is 10.9. The number of carbonyl (C=O) groups excluding carboxylic acids is 2. The first-order valence-electron chi connectivity index (χ1n) is 10.4. The van der Waals surface area contributed by atoms with Gasteiger partial charge in [-0.15, -0.1) is 0 Å². The van der Waals surface area contributed by atoms with Crippen molar-refractivity contribution in [2.75, 3.05) is 22.5 Å². The van der Waals surface area contributed by atoms with E-state index in [1.165, 1.54) is 16.4 Å². The molecule has 0 aliphatic heterocycles. The third kappa shape index (κ3) is 5.62. The standard InChI is InChI=1S/C22H31N5O4/c1-6-7-10-26-19(23)18(20(29)25-22(26)31)27(12-13(2)3)21(30)16-9-8-14(4)17(11-16)24-15(5)28/h8-9,11,13H,6-7,10,12,23H2,1-5H3,(H,24,28)(H,25,29,31). The van der Waals surface area contributed by atoms with E-state index in [-0.39, 0.29) is 29.9 Å². The van der Waals surface area contributed by atoms with Crippen LogP contribution in [0.3, 0.4) is 0 Å². The largest absolute Gasteiger partial charge is 0.383 e. The molecule has 0 atom stereocenters. The molecule has 0 spiro atoms. The van der Waals surface area contributed by atoms with E-state index in [0.29, 0.717) is 24.2 Å². The summed E-state index contributed by atoms with van der Waals surface area (Å²) >= 11 is 0. The summed E-state index contributed by atoms with van der Waals surface area (Å²) < 4.78 is 1.29. The Balaban J connectivity index is 2.62. The molecule has 2 amide bonds. The van der Waals surface area contributed by atoms with E-state index in [4.69, 9.17) is 5.73 Å². The van der Waals surface area contributed by atoms with Crippen LogP contribution in [0, 0.1) is 12.8 Å². The molecule has 1 aromatic heterocycles. The van der Waals surface area contributed by atoms with Crippen LogP contribution in [-0.4, -0.2) is 27.9 Å². The average molecular weight is 430 g/mol. The molecule has 1 heterocycles. The Morgan fingerprint density at radius 1 is 1.26 bits per heavy atom. The van der Waals surface area contributed by atoms with Crippen LogP contribution in [0.1, 0.15) is 56.5 Å². The summed E-state index contributed by atoms with van der Waals surface area (Å²) in [5.41, 5.74) is 6.48. The van der Waals surface area contributed by atoms with Crippen LogP contribution in [0.5, 0.6) is 0 Å². The van der Waals surface area contributed by atoms with Crippen molar-refractivity contribution < 1.29 is 9.59 Å². The van der Waals surface area contributed by atoms with Crippen LogP contribution in [-0.2, 0) is 11.3 Å². The van der Waals surface area contributed by atoms with Gasteiger partial charge in [-0.05, 0) is 37.0 Å². The summed E-state index contributed by atoms with van der Waals surface area (Å²) in [7, 11) is 0. The van der Waals surface area contributed by atoms with Gasteiger partial charge in [0.2, 0.25) is 5.91 Å². The summed E-state index contributed by atoms with van der Waals surface area (Å²) in [5, 5.41) is 2.70. The maximum Gasteiger partial charge on any atom is 0.330 e. The molecule has 4 N–H and O–H groups in total. The molecule has 0 aliphatic carbocycles. The van der Waals surface area contributed by atoms with E-state index >= 15 is 0 Å². The van der Waals surface area contributed by atoms with Crippen molar-refractivity contribution in [1.82, 2.24) is 9.55 Å². The highest BCUT2D eigenvalue weighted by Gasteiger charge is 2.26. The third-order valence-corrected chi connectivity index (χ3v) is 4.81. The van der Waals surface area contributed by atoms with E-state index in [2.05, 4.69) is 10.3 Å². The Bertz CT molecular complexity index is 1080. The van der Waals surface area contributed by atoms with Gasteiger partial charge in [0.05, 0.1) is 0 Å². The molecule has 0 saturated carbocycles. The van der Waals surface area contributed by atoms with E-state index in [9.17, 15) is 19.2 Å². The smallest absolute Gasteiger partial charge is 0.330 e. The maximum absolute atomic E-state index is 13.5. The second kappa shape index (κ2) is 10.1. The topological polar surface area (TPSA) is 130 Å². The van der Waals surface area contributed by atoms with Crippen molar-refractivity contribution in [1.29, 1.82) is 0 Å². The predicted octanol–water partition coefficient (Wildman–Crippen LogP) is 2.49. The van der Waals surface area contributed by atoms with Gasteiger partial charge in [-0.25, -0.2) is 4.79 Å². The molecule has 0 saturated heterocycles. The Morgan fingerprint density at radius 2 is 1.94 bits per heavy atom. The minimum Gasteiger partial charge on any atom is -0.383 e. The van der Waals surface area contributed by atoms with Crippen molar-refractivity contribution in [3.05, 3.63) is 50.2 Å². The molecule has 168 valence electrons. The number of nitrogens with two attached hydrogens (primary N) is 1. The lowest BCUT2D eigenvalue weighted by Crippen LogP contribution is -2.42. The molecule has 9 heteroatoms. The van der Waals surface area contributed by atoms with Crippen molar-refractivity contribution in [3.8, 4) is 0 Å². The van der Waals surface area contributed by atoms with Crippen molar-refractivity contribution in [3.63, 3.8) is 0 Å². The number of nitrogen functional groups attached to an aromatic ring is 1. The van der Waals surface area contributed by atoms with Gasteiger partial charge in [-0.1, -0.05) is 33.3 Å². The minimum absolute atomic E-state index is 0.0269. The van der Waals surface area contributed by atoms with Crippen molar-refractivity contribution in [2.45, 2.75) is 54.0 Å². The summed E-state index contributed by atoms with van der Waals surface area (Å²) in [6.07, 6.45) is 1.54. The molecular weight excluding hydrogens is 398 g/mol. The zero-order valence-electron chi connectivity index (χ0n) is 18.7. The monoisotopic (exact) mass is 429 g/mol. The van der Waals surface area contributed by atoms with E-state index in [1.807, 2.05) is 27.7 Å². The van der Waals surface area contributed by atoms with Gasteiger partial charge in [0.25, 0.3) is 11.5 Å². The molecule has 1 aromatic carbocycles. The number of unbranched alkanes of at least 4 members (excludes halogenated alkanes) is 1. The number of benzene rings is 1. The van der Waals surface area contributed by atoms with Gasteiger partial charge in [0.1, 0.15) is 5.82 Å². The first kappa shape index (κ1) is 23.9. The summed E-state index contributed by atoms with van der Waals surface area (Å²) in [4.78, 5) is 53.5. The van der Waals surface area contributed by atoms with Gasteiger partial charge < -0.3 is 16.0 Å². The Labute approximate surface area is 181 Å². The molecule has 0 radical (unpaired) electrons. The predicted molar refractivity (Wildman–Crippen MR) is 123 cm³/mol. The molecule has 9 nitrogen and oxygen atoms in total. The number of aromatic nitrogens is 2. The van der Waals surface area contributed by atoms with Gasteiger partial charge >= 0.3 is 5.69 Å². The lowest BCUT2D eigenvalue weighted by Gasteiger charge is -2.26. The summed E-state index contributed by atoms with van der Waals surface area (Å²) in [6.45, 7) is 9.57. The summed E-state index contributed by atoms with van der Waals surface area (Å²) in [6, 6.07) is 4.93. The van der Waals surface area contributed by atoms with E-state index in [1.54, 1.807) is 18.2 Å². The van der Waals surface area contributed by atoms with Crippen LogP contribution < -0.4 is 27.2 Å².